The molecule has 25 heavy (non-hydrogen) atoms. The minimum Gasteiger partial charge on any atom is -0.497 e. The van der Waals surface area contributed by atoms with E-state index in [1.807, 2.05) is 0 Å². The van der Waals surface area contributed by atoms with Crippen LogP contribution in [0.1, 0.15) is 37.8 Å². The van der Waals surface area contributed by atoms with Crippen LogP contribution in [0.2, 0.25) is 0 Å². The number of ether oxygens (including phenoxy) is 3. The van der Waals surface area contributed by atoms with Crippen LogP contribution in [-0.4, -0.2) is 49.5 Å². The van der Waals surface area contributed by atoms with Crippen molar-refractivity contribution in [3.05, 3.63) is 29.8 Å². The lowest BCUT2D eigenvalue weighted by Crippen LogP contribution is -2.41. The lowest BCUT2D eigenvalue weighted by molar-refractivity contribution is -0.145. The summed E-state index contributed by atoms with van der Waals surface area (Å²) in [7, 11) is 1.53. The summed E-state index contributed by atoms with van der Waals surface area (Å²) in [5.41, 5.74) is 0.462. The van der Waals surface area contributed by atoms with Crippen LogP contribution in [0.25, 0.3) is 0 Å². The molecule has 1 saturated heterocycles. The molecule has 1 aromatic rings. The smallest absolute Gasteiger partial charge is 0.330 e. The Kier molecular flexibility index (Phi) is 7.21. The van der Waals surface area contributed by atoms with Crippen LogP contribution < -0.4 is 10.1 Å². The maximum atomic E-state index is 12.3. The average Bonchev–Trinajstić information content (AvgIpc) is 2.64. The first-order valence-corrected chi connectivity index (χ1v) is 8.41. The number of carbonyl (C=O) groups is 2. The number of benzene rings is 1. The fraction of sp³-hybridized carbons (Fsp3) is 0.556. The van der Waals surface area contributed by atoms with Crippen molar-refractivity contribution in [1.29, 1.82) is 0 Å². The number of carboxylic acid groups (broad SMARTS) is 1. The van der Waals surface area contributed by atoms with Crippen molar-refractivity contribution in [3.8, 4) is 5.75 Å². The monoisotopic (exact) mass is 351 g/mol. The lowest BCUT2D eigenvalue weighted by Gasteiger charge is -2.24. The van der Waals surface area contributed by atoms with Gasteiger partial charge in [-0.3, -0.25) is 4.79 Å². The number of methoxy groups -OCH3 is 1. The molecule has 1 aliphatic heterocycles. The third-order valence-electron chi connectivity index (χ3n) is 4.16. The van der Waals surface area contributed by atoms with Gasteiger partial charge < -0.3 is 24.6 Å². The molecule has 1 heterocycles. The van der Waals surface area contributed by atoms with Crippen molar-refractivity contribution >= 4 is 11.9 Å². The van der Waals surface area contributed by atoms with Crippen LogP contribution in [0, 0.1) is 0 Å². The van der Waals surface area contributed by atoms with E-state index in [-0.39, 0.29) is 6.10 Å². The number of nitrogens with one attached hydrogen (secondary N) is 1. The van der Waals surface area contributed by atoms with Crippen LogP contribution in [0.4, 0.5) is 0 Å². The molecule has 0 spiro atoms. The van der Waals surface area contributed by atoms with E-state index in [0.717, 1.165) is 19.3 Å². The Hall–Kier alpha value is -2.12. The molecule has 1 aromatic carbocycles. The molecular weight excluding hydrogens is 326 g/mol. The molecular formula is C18H25NO6. The summed E-state index contributed by atoms with van der Waals surface area (Å²) in [6.07, 6.45) is 2.30. The molecule has 0 aromatic heterocycles. The lowest BCUT2D eigenvalue weighted by atomic mass is 10.1. The number of hydrogen-bond donors (Lipinski definition) is 2. The van der Waals surface area contributed by atoms with Gasteiger partial charge in [-0.2, -0.15) is 0 Å². The summed E-state index contributed by atoms with van der Waals surface area (Å²) in [6.45, 7) is 2.65. The van der Waals surface area contributed by atoms with E-state index in [0.29, 0.717) is 24.5 Å². The third kappa shape index (κ3) is 5.72. The largest absolute Gasteiger partial charge is 0.497 e. The van der Waals surface area contributed by atoms with Gasteiger partial charge in [0.15, 0.2) is 6.04 Å². The summed E-state index contributed by atoms with van der Waals surface area (Å²) >= 11 is 0. The number of amides is 1. The van der Waals surface area contributed by atoms with E-state index in [2.05, 4.69) is 5.32 Å². The van der Waals surface area contributed by atoms with E-state index in [1.54, 1.807) is 31.2 Å². The van der Waals surface area contributed by atoms with Crippen LogP contribution in [0.3, 0.4) is 0 Å². The highest BCUT2D eigenvalue weighted by Gasteiger charge is 2.26. The van der Waals surface area contributed by atoms with Crippen LogP contribution in [0.15, 0.2) is 24.3 Å². The molecule has 1 fully saturated rings. The second kappa shape index (κ2) is 9.39. The number of rotatable bonds is 8. The Balaban J connectivity index is 1.90. The summed E-state index contributed by atoms with van der Waals surface area (Å²) in [6, 6.07) is 5.38. The van der Waals surface area contributed by atoms with Crippen LogP contribution >= 0.6 is 0 Å². The van der Waals surface area contributed by atoms with Gasteiger partial charge in [-0.15, -0.1) is 0 Å². The SMILES string of the molecule is COc1ccc(C(NC(=O)C(C)OCC2CCCCO2)C(=O)O)cc1. The molecule has 138 valence electrons. The van der Waals surface area contributed by atoms with Crippen LogP contribution in [0.5, 0.6) is 5.75 Å². The topological polar surface area (TPSA) is 94.1 Å². The predicted octanol–water partition coefficient (Wildman–Crippen LogP) is 1.91. The Morgan fingerprint density at radius 3 is 2.60 bits per heavy atom. The highest BCUT2D eigenvalue weighted by molar-refractivity contribution is 5.86. The zero-order chi connectivity index (χ0) is 18.2. The molecule has 0 radical (unpaired) electrons. The van der Waals surface area contributed by atoms with Gasteiger partial charge in [0.1, 0.15) is 11.9 Å². The van der Waals surface area contributed by atoms with Gasteiger partial charge in [-0.1, -0.05) is 12.1 Å². The predicted molar refractivity (Wildman–Crippen MR) is 90.5 cm³/mol. The fourth-order valence-corrected chi connectivity index (χ4v) is 2.61. The molecule has 0 bridgehead atoms. The molecule has 1 aliphatic rings. The molecule has 7 nitrogen and oxygen atoms in total. The molecule has 3 unspecified atom stereocenters. The summed E-state index contributed by atoms with van der Waals surface area (Å²) in [5, 5.41) is 11.9. The maximum absolute atomic E-state index is 12.3. The van der Waals surface area contributed by atoms with Crippen molar-refractivity contribution in [2.45, 2.75) is 44.4 Å². The van der Waals surface area contributed by atoms with E-state index in [1.165, 1.54) is 7.11 Å². The molecule has 0 aliphatic carbocycles. The maximum Gasteiger partial charge on any atom is 0.330 e. The molecule has 1 amide bonds. The first-order chi connectivity index (χ1) is 12.0. The number of aliphatic carboxylic acids is 1. The van der Waals surface area contributed by atoms with E-state index in [9.17, 15) is 14.7 Å². The van der Waals surface area contributed by atoms with Gasteiger partial charge in [-0.05, 0) is 43.9 Å². The highest BCUT2D eigenvalue weighted by atomic mass is 16.5. The zero-order valence-corrected chi connectivity index (χ0v) is 14.6. The minimum atomic E-state index is -1.14. The summed E-state index contributed by atoms with van der Waals surface area (Å²) < 4.78 is 16.2. The van der Waals surface area contributed by atoms with Crippen molar-refractivity contribution in [2.24, 2.45) is 0 Å². The van der Waals surface area contributed by atoms with E-state index in [4.69, 9.17) is 14.2 Å². The highest BCUT2D eigenvalue weighted by Crippen LogP contribution is 2.18. The number of carboxylic acids is 1. The van der Waals surface area contributed by atoms with Gasteiger partial charge in [0, 0.05) is 6.61 Å². The second-order valence-corrected chi connectivity index (χ2v) is 6.02. The van der Waals surface area contributed by atoms with Crippen molar-refractivity contribution in [3.63, 3.8) is 0 Å². The average molecular weight is 351 g/mol. The van der Waals surface area contributed by atoms with E-state index >= 15 is 0 Å². The Morgan fingerprint density at radius 1 is 1.32 bits per heavy atom. The van der Waals surface area contributed by atoms with Gasteiger partial charge in [0.25, 0.3) is 0 Å². The second-order valence-electron chi connectivity index (χ2n) is 6.02. The molecule has 7 heteroatoms. The standard InChI is InChI=1S/C18H25NO6/c1-12(25-11-15-5-3-4-10-24-15)17(20)19-16(18(21)22)13-6-8-14(23-2)9-7-13/h6-9,12,15-16H,3-5,10-11H2,1-2H3,(H,19,20)(H,21,22). The minimum absolute atomic E-state index is 0.000795. The Morgan fingerprint density at radius 2 is 2.04 bits per heavy atom. The zero-order valence-electron chi connectivity index (χ0n) is 14.6. The molecule has 2 N–H and O–H groups in total. The first kappa shape index (κ1) is 19.2. The molecule has 0 saturated carbocycles. The van der Waals surface area contributed by atoms with Crippen molar-refractivity contribution in [1.82, 2.24) is 5.32 Å². The summed E-state index contributed by atoms with van der Waals surface area (Å²) in [5.74, 6) is -0.997. The fourth-order valence-electron chi connectivity index (χ4n) is 2.61. The Bertz CT molecular complexity index is 567. The van der Waals surface area contributed by atoms with Gasteiger partial charge in [0.2, 0.25) is 5.91 Å². The normalized spacial score (nSPS) is 19.7. The number of hydrogen-bond acceptors (Lipinski definition) is 5. The Labute approximate surface area is 147 Å². The third-order valence-corrected chi connectivity index (χ3v) is 4.16. The number of carbonyl (C=O) groups excluding carboxylic acids is 1. The quantitative estimate of drug-likeness (QED) is 0.743. The van der Waals surface area contributed by atoms with Crippen molar-refractivity contribution in [2.75, 3.05) is 20.3 Å². The summed E-state index contributed by atoms with van der Waals surface area (Å²) in [4.78, 5) is 23.8. The molecule has 2 rings (SSSR count). The van der Waals surface area contributed by atoms with E-state index < -0.39 is 24.0 Å². The van der Waals surface area contributed by atoms with Gasteiger partial charge in [-0.25, -0.2) is 4.79 Å². The first-order valence-electron chi connectivity index (χ1n) is 8.41. The molecule has 3 atom stereocenters. The van der Waals surface area contributed by atoms with Gasteiger partial charge in [0.05, 0.1) is 19.8 Å². The van der Waals surface area contributed by atoms with Crippen molar-refractivity contribution < 1.29 is 28.9 Å². The van der Waals surface area contributed by atoms with Crippen LogP contribution in [-0.2, 0) is 19.1 Å². The van der Waals surface area contributed by atoms with Gasteiger partial charge >= 0.3 is 5.97 Å².